The third-order valence-corrected chi connectivity index (χ3v) is 9.26. The van der Waals surface area contributed by atoms with Gasteiger partial charge in [0.25, 0.3) is 0 Å². The molecule has 1 fully saturated rings. The van der Waals surface area contributed by atoms with Crippen molar-refractivity contribution in [1.29, 1.82) is 0 Å². The van der Waals surface area contributed by atoms with Crippen LogP contribution in [0.2, 0.25) is 0 Å². The largest absolute Gasteiger partial charge is 0.467 e. The van der Waals surface area contributed by atoms with Crippen molar-refractivity contribution in [1.82, 2.24) is 31.5 Å². The maximum Gasteiger partial charge on any atom is 0.328 e. The summed E-state index contributed by atoms with van der Waals surface area (Å²) in [5.74, 6) is -4.56. The van der Waals surface area contributed by atoms with Gasteiger partial charge >= 0.3 is 5.97 Å². The SMILES string of the molecule is CC[C@H](C)[C@H](NC(=O)[C@H]1CCCN1C[C@H](O)[C@H](CC(C)C)NC(=O)[C@H](CC(N)=O)NC(=O)[C@H](CC(C)C)NC(C)=O)C(=O)N[C@H](C(=O)OC)C(C)C. The zero-order valence-electron chi connectivity index (χ0n) is 32.7. The molecular weight excluding hydrogens is 674 g/mol. The average Bonchev–Trinajstić information content (AvgIpc) is 3.51. The molecule has 0 aromatic heterocycles. The molecular formula is C36H65N7O9. The fourth-order valence-electron chi connectivity index (χ4n) is 6.26. The number of esters is 1. The van der Waals surface area contributed by atoms with Crippen molar-refractivity contribution >= 4 is 41.4 Å². The van der Waals surface area contributed by atoms with Crippen LogP contribution in [0.4, 0.5) is 0 Å². The number of aliphatic hydroxyl groups is 1. The van der Waals surface area contributed by atoms with Gasteiger partial charge in [-0.1, -0.05) is 61.8 Å². The van der Waals surface area contributed by atoms with Crippen LogP contribution in [0.15, 0.2) is 0 Å². The molecule has 16 nitrogen and oxygen atoms in total. The van der Waals surface area contributed by atoms with Crippen molar-refractivity contribution in [3.8, 4) is 0 Å². The Labute approximate surface area is 308 Å². The van der Waals surface area contributed by atoms with Crippen molar-refractivity contribution < 1.29 is 43.4 Å². The van der Waals surface area contributed by atoms with Crippen LogP contribution in [0.3, 0.4) is 0 Å². The number of amides is 6. The van der Waals surface area contributed by atoms with Crippen LogP contribution < -0.4 is 32.3 Å². The highest BCUT2D eigenvalue weighted by molar-refractivity contribution is 5.94. The Kier molecular flexibility index (Phi) is 19.8. The predicted molar refractivity (Wildman–Crippen MR) is 195 cm³/mol. The topological polar surface area (TPSA) is 238 Å². The number of carbonyl (C=O) groups is 7. The first-order chi connectivity index (χ1) is 24.2. The van der Waals surface area contributed by atoms with E-state index in [-0.39, 0.29) is 30.2 Å². The van der Waals surface area contributed by atoms with Crippen molar-refractivity contribution in [2.24, 2.45) is 29.4 Å². The van der Waals surface area contributed by atoms with E-state index < -0.39 is 90.2 Å². The number of methoxy groups -OCH3 is 1. The van der Waals surface area contributed by atoms with Crippen LogP contribution in [-0.4, -0.2) is 114 Å². The summed E-state index contributed by atoms with van der Waals surface area (Å²) in [5.41, 5.74) is 5.43. The molecule has 298 valence electrons. The van der Waals surface area contributed by atoms with Gasteiger partial charge in [-0.2, -0.15) is 0 Å². The highest BCUT2D eigenvalue weighted by Gasteiger charge is 2.38. The smallest absolute Gasteiger partial charge is 0.328 e. The van der Waals surface area contributed by atoms with Crippen LogP contribution in [0.1, 0.15) is 101 Å². The van der Waals surface area contributed by atoms with Crippen LogP contribution in [0, 0.1) is 23.7 Å². The third-order valence-electron chi connectivity index (χ3n) is 9.26. The van der Waals surface area contributed by atoms with Gasteiger partial charge in [-0.25, -0.2) is 4.79 Å². The van der Waals surface area contributed by atoms with Crippen LogP contribution in [0.25, 0.3) is 0 Å². The van der Waals surface area contributed by atoms with Crippen molar-refractivity contribution in [3.05, 3.63) is 0 Å². The predicted octanol–water partition coefficient (Wildman–Crippen LogP) is 0.0983. The lowest BCUT2D eigenvalue weighted by molar-refractivity contribution is -0.147. The number of rotatable bonds is 22. The van der Waals surface area contributed by atoms with Crippen molar-refractivity contribution in [2.45, 2.75) is 143 Å². The molecule has 1 aliphatic rings. The molecule has 52 heavy (non-hydrogen) atoms. The highest BCUT2D eigenvalue weighted by atomic mass is 16.5. The van der Waals surface area contributed by atoms with Crippen LogP contribution >= 0.6 is 0 Å². The zero-order chi connectivity index (χ0) is 39.9. The first-order valence-corrected chi connectivity index (χ1v) is 18.5. The van der Waals surface area contributed by atoms with E-state index in [1.807, 2.05) is 46.4 Å². The molecule has 1 saturated heterocycles. The number of aliphatic hydroxyl groups excluding tert-OH is 1. The molecule has 6 amide bonds. The van der Waals surface area contributed by atoms with Gasteiger partial charge < -0.3 is 42.2 Å². The fraction of sp³-hybridized carbons (Fsp3) is 0.806. The number of nitrogens with zero attached hydrogens (tertiary/aromatic N) is 1. The molecule has 0 aromatic rings. The van der Waals surface area contributed by atoms with Gasteiger partial charge in [-0.3, -0.25) is 33.7 Å². The number of ether oxygens (including phenoxy) is 1. The molecule has 0 radical (unpaired) electrons. The van der Waals surface area contributed by atoms with E-state index in [1.54, 1.807) is 13.8 Å². The van der Waals surface area contributed by atoms with Gasteiger partial charge in [0.15, 0.2) is 0 Å². The lowest BCUT2D eigenvalue weighted by Gasteiger charge is -2.33. The van der Waals surface area contributed by atoms with E-state index in [1.165, 1.54) is 14.0 Å². The molecule has 16 heteroatoms. The van der Waals surface area contributed by atoms with Gasteiger partial charge in [0.2, 0.25) is 35.4 Å². The first-order valence-electron chi connectivity index (χ1n) is 18.5. The highest BCUT2D eigenvalue weighted by Crippen LogP contribution is 2.21. The second kappa shape index (κ2) is 22.3. The second-order valence-electron chi connectivity index (χ2n) is 15.2. The van der Waals surface area contributed by atoms with E-state index in [2.05, 4.69) is 26.6 Å². The molecule has 0 aliphatic carbocycles. The summed E-state index contributed by atoms with van der Waals surface area (Å²) >= 11 is 0. The minimum atomic E-state index is -1.36. The quantitative estimate of drug-likeness (QED) is 0.0740. The number of nitrogens with one attached hydrogen (secondary N) is 5. The summed E-state index contributed by atoms with van der Waals surface area (Å²) in [6.45, 7) is 16.6. The molecule has 1 rings (SSSR count). The van der Waals surface area contributed by atoms with Gasteiger partial charge in [0.1, 0.15) is 24.2 Å². The lowest BCUT2D eigenvalue weighted by atomic mass is 9.96. The Bertz CT molecular complexity index is 1230. The third kappa shape index (κ3) is 15.4. The summed E-state index contributed by atoms with van der Waals surface area (Å²) in [7, 11) is 1.24. The molecule has 1 aliphatic heterocycles. The van der Waals surface area contributed by atoms with Gasteiger partial charge in [-0.05, 0) is 55.9 Å². The van der Waals surface area contributed by atoms with Crippen molar-refractivity contribution in [2.75, 3.05) is 20.2 Å². The monoisotopic (exact) mass is 739 g/mol. The molecule has 8 atom stereocenters. The summed E-state index contributed by atoms with van der Waals surface area (Å²) in [6, 6.07) is -5.60. The fourth-order valence-corrected chi connectivity index (χ4v) is 6.26. The number of nitrogens with two attached hydrogens (primary N) is 1. The number of carbonyl (C=O) groups excluding carboxylic acids is 7. The minimum absolute atomic E-state index is 0.0134. The Morgan fingerprint density at radius 3 is 1.90 bits per heavy atom. The number of likely N-dealkylation sites (tertiary alicyclic amines) is 1. The maximum absolute atomic E-state index is 13.7. The zero-order valence-corrected chi connectivity index (χ0v) is 32.7. The molecule has 0 saturated carbocycles. The Morgan fingerprint density at radius 1 is 0.808 bits per heavy atom. The molecule has 0 aromatic carbocycles. The number of β-amino-alcohol motifs (C(OH)–C–C–N with tert-alkyl or cyclic N) is 1. The number of primary amides is 1. The normalized spacial score (nSPS) is 18.8. The second-order valence-corrected chi connectivity index (χ2v) is 15.2. The van der Waals surface area contributed by atoms with E-state index >= 15 is 0 Å². The minimum Gasteiger partial charge on any atom is -0.467 e. The van der Waals surface area contributed by atoms with Gasteiger partial charge in [0.05, 0.1) is 31.7 Å². The standard InChI is InChI=1S/C36H65N7O9/c1-11-22(8)31(35(50)41-30(21(6)7)36(51)52-10)42-34(49)27-13-12-14-43(27)18-28(45)24(15-19(2)3)39-33(48)26(17-29(37)46)40-32(47)25(16-20(4)5)38-23(9)44/h19-22,24-28,30-31,45H,11-18H2,1-10H3,(H2,37,46)(H,38,44)(H,39,48)(H,40,47)(H,41,50)(H,42,49)/t22-,24-,25-,26-,27+,28-,30-,31-/m0/s1. The van der Waals surface area contributed by atoms with E-state index in [4.69, 9.17) is 10.5 Å². The Hall–Kier alpha value is -3.79. The van der Waals surface area contributed by atoms with E-state index in [0.29, 0.717) is 38.6 Å². The molecule has 8 N–H and O–H groups in total. The average molecular weight is 740 g/mol. The van der Waals surface area contributed by atoms with Crippen LogP contribution in [-0.2, 0) is 38.3 Å². The molecule has 0 spiro atoms. The van der Waals surface area contributed by atoms with E-state index in [9.17, 15) is 38.7 Å². The summed E-state index contributed by atoms with van der Waals surface area (Å²) in [4.78, 5) is 91.6. The lowest BCUT2D eigenvalue weighted by Crippen LogP contribution is -2.59. The van der Waals surface area contributed by atoms with Crippen LogP contribution in [0.5, 0.6) is 0 Å². The van der Waals surface area contributed by atoms with Gasteiger partial charge in [-0.15, -0.1) is 0 Å². The Morgan fingerprint density at radius 2 is 1.40 bits per heavy atom. The molecule has 1 heterocycles. The van der Waals surface area contributed by atoms with Gasteiger partial charge in [0, 0.05) is 13.5 Å². The Balaban J connectivity index is 3.17. The van der Waals surface area contributed by atoms with Crippen molar-refractivity contribution in [3.63, 3.8) is 0 Å². The maximum atomic E-state index is 13.7. The summed E-state index contributed by atoms with van der Waals surface area (Å²) < 4.78 is 4.85. The molecule has 0 bridgehead atoms. The summed E-state index contributed by atoms with van der Waals surface area (Å²) in [6.07, 6.45) is 0.683. The first kappa shape index (κ1) is 46.2. The molecule has 0 unspecified atom stereocenters. The van der Waals surface area contributed by atoms with E-state index in [0.717, 1.165) is 0 Å². The number of hydrogen-bond donors (Lipinski definition) is 7. The number of hydrogen-bond acceptors (Lipinski definition) is 10. The summed E-state index contributed by atoms with van der Waals surface area (Å²) in [5, 5.41) is 25.0.